The van der Waals surface area contributed by atoms with Crippen LogP contribution in [-0.2, 0) is 4.74 Å². The smallest absolute Gasteiger partial charge is 0.255 e. The Morgan fingerprint density at radius 2 is 1.82 bits per heavy atom. The van der Waals surface area contributed by atoms with Crippen molar-refractivity contribution in [2.75, 3.05) is 34.3 Å². The van der Waals surface area contributed by atoms with Gasteiger partial charge in [-0.3, -0.25) is 0 Å². The zero-order valence-corrected chi connectivity index (χ0v) is 8.15. The van der Waals surface area contributed by atoms with Gasteiger partial charge in [-0.25, -0.2) is 4.39 Å². The van der Waals surface area contributed by atoms with Crippen LogP contribution in [0, 0.1) is 0 Å². The molecule has 1 atom stereocenters. The lowest BCUT2D eigenvalue weighted by molar-refractivity contribution is -0.879. The molecular formula is C8H19FNO+. The number of rotatable bonds is 4. The van der Waals surface area contributed by atoms with E-state index in [9.17, 15) is 4.39 Å². The lowest BCUT2D eigenvalue weighted by Crippen LogP contribution is -2.46. The van der Waals surface area contributed by atoms with Crippen LogP contribution in [0.2, 0.25) is 0 Å². The SMILES string of the molecule is CCOC(C)(F)C[N+](C)(C)C. The van der Waals surface area contributed by atoms with Crippen LogP contribution in [0.4, 0.5) is 4.39 Å². The molecule has 2 nitrogen and oxygen atoms in total. The Morgan fingerprint density at radius 1 is 1.36 bits per heavy atom. The first-order chi connectivity index (χ1) is 4.77. The van der Waals surface area contributed by atoms with Crippen LogP contribution in [0.1, 0.15) is 13.8 Å². The second kappa shape index (κ2) is 3.50. The Labute approximate surface area is 68.5 Å². The predicted molar refractivity (Wildman–Crippen MR) is 44.0 cm³/mol. The van der Waals surface area contributed by atoms with E-state index >= 15 is 0 Å². The maximum absolute atomic E-state index is 13.3. The van der Waals surface area contributed by atoms with Crippen molar-refractivity contribution in [2.24, 2.45) is 0 Å². The fourth-order valence-corrected chi connectivity index (χ4v) is 1.19. The van der Waals surface area contributed by atoms with E-state index in [1.807, 2.05) is 21.1 Å². The highest BCUT2D eigenvalue weighted by Crippen LogP contribution is 2.15. The van der Waals surface area contributed by atoms with Crippen molar-refractivity contribution in [1.82, 2.24) is 0 Å². The highest BCUT2D eigenvalue weighted by molar-refractivity contribution is 4.57. The van der Waals surface area contributed by atoms with E-state index in [1.165, 1.54) is 6.92 Å². The molecule has 0 N–H and O–H groups in total. The average Bonchev–Trinajstić information content (AvgIpc) is 1.55. The summed E-state index contributed by atoms with van der Waals surface area (Å²) in [5.41, 5.74) is 0. The van der Waals surface area contributed by atoms with Gasteiger partial charge in [0.05, 0.1) is 21.1 Å². The first-order valence-corrected chi connectivity index (χ1v) is 3.90. The highest BCUT2D eigenvalue weighted by atomic mass is 19.2. The maximum atomic E-state index is 13.3. The summed E-state index contributed by atoms with van der Waals surface area (Å²) in [5, 5.41) is 0. The van der Waals surface area contributed by atoms with Crippen LogP contribution in [0.5, 0.6) is 0 Å². The minimum atomic E-state index is -1.49. The quantitative estimate of drug-likeness (QED) is 0.571. The third-order valence-electron chi connectivity index (χ3n) is 1.20. The van der Waals surface area contributed by atoms with Crippen molar-refractivity contribution in [3.63, 3.8) is 0 Å². The third-order valence-corrected chi connectivity index (χ3v) is 1.20. The molecule has 0 rings (SSSR count). The van der Waals surface area contributed by atoms with Crippen molar-refractivity contribution >= 4 is 0 Å². The molecule has 0 aromatic rings. The van der Waals surface area contributed by atoms with Gasteiger partial charge in [0.1, 0.15) is 6.54 Å². The number of quaternary nitrogens is 1. The zero-order valence-electron chi connectivity index (χ0n) is 8.15. The van der Waals surface area contributed by atoms with Crippen molar-refractivity contribution in [1.29, 1.82) is 0 Å². The van der Waals surface area contributed by atoms with E-state index in [2.05, 4.69) is 0 Å². The van der Waals surface area contributed by atoms with Gasteiger partial charge in [-0.1, -0.05) is 0 Å². The normalized spacial score (nSPS) is 18.0. The summed E-state index contributed by atoms with van der Waals surface area (Å²) in [4.78, 5) is 0. The molecule has 3 heteroatoms. The summed E-state index contributed by atoms with van der Waals surface area (Å²) in [6, 6.07) is 0. The Morgan fingerprint density at radius 3 is 2.09 bits per heavy atom. The second-order valence-electron chi connectivity index (χ2n) is 3.98. The Hall–Kier alpha value is -0.150. The molecule has 68 valence electrons. The average molecular weight is 164 g/mol. The molecule has 0 saturated heterocycles. The summed E-state index contributed by atoms with van der Waals surface area (Å²) in [5.74, 6) is -1.49. The molecule has 0 radical (unpaired) electrons. The fraction of sp³-hybridized carbons (Fsp3) is 1.00. The summed E-state index contributed by atoms with van der Waals surface area (Å²) < 4.78 is 18.8. The maximum Gasteiger partial charge on any atom is 0.255 e. The van der Waals surface area contributed by atoms with E-state index in [1.54, 1.807) is 6.92 Å². The molecule has 1 unspecified atom stereocenters. The van der Waals surface area contributed by atoms with Crippen molar-refractivity contribution in [2.45, 2.75) is 19.7 Å². The van der Waals surface area contributed by atoms with Crippen LogP contribution in [-0.4, -0.2) is 44.6 Å². The number of hydrogen-bond acceptors (Lipinski definition) is 1. The summed E-state index contributed by atoms with van der Waals surface area (Å²) in [6.07, 6.45) is 0. The number of ether oxygens (including phenoxy) is 1. The van der Waals surface area contributed by atoms with Crippen LogP contribution < -0.4 is 0 Å². The van der Waals surface area contributed by atoms with E-state index in [4.69, 9.17) is 4.74 Å². The molecule has 0 aliphatic carbocycles. The Kier molecular flexibility index (Phi) is 3.45. The monoisotopic (exact) mass is 164 g/mol. The van der Waals surface area contributed by atoms with Crippen LogP contribution in [0.3, 0.4) is 0 Å². The Bertz CT molecular complexity index is 118. The topological polar surface area (TPSA) is 9.23 Å². The molecule has 0 fully saturated rings. The third kappa shape index (κ3) is 6.26. The molecule has 0 heterocycles. The van der Waals surface area contributed by atoms with Crippen molar-refractivity contribution in [3.05, 3.63) is 0 Å². The molecule has 0 spiro atoms. The summed E-state index contributed by atoms with van der Waals surface area (Å²) in [7, 11) is 5.82. The second-order valence-corrected chi connectivity index (χ2v) is 3.98. The molecule has 0 amide bonds. The highest BCUT2D eigenvalue weighted by Gasteiger charge is 2.30. The van der Waals surface area contributed by atoms with Gasteiger partial charge in [0.15, 0.2) is 0 Å². The Balaban J connectivity index is 3.91. The summed E-state index contributed by atoms with van der Waals surface area (Å²) >= 11 is 0. The van der Waals surface area contributed by atoms with Gasteiger partial charge in [-0.2, -0.15) is 0 Å². The lowest BCUT2D eigenvalue weighted by atomic mass is 10.3. The molecular weight excluding hydrogens is 145 g/mol. The van der Waals surface area contributed by atoms with Crippen LogP contribution in [0.15, 0.2) is 0 Å². The van der Waals surface area contributed by atoms with E-state index in [0.717, 1.165) is 0 Å². The number of alkyl halides is 1. The molecule has 11 heavy (non-hydrogen) atoms. The molecule has 0 aromatic heterocycles. The minimum Gasteiger partial charge on any atom is -0.342 e. The fourth-order valence-electron chi connectivity index (χ4n) is 1.19. The van der Waals surface area contributed by atoms with Gasteiger partial charge in [0.2, 0.25) is 0 Å². The van der Waals surface area contributed by atoms with Crippen molar-refractivity contribution in [3.8, 4) is 0 Å². The van der Waals surface area contributed by atoms with E-state index in [-0.39, 0.29) is 0 Å². The molecule has 0 aromatic carbocycles. The van der Waals surface area contributed by atoms with Gasteiger partial charge >= 0.3 is 0 Å². The first kappa shape index (κ1) is 10.8. The number of likely N-dealkylation sites (N-methyl/N-ethyl adjacent to an activating group) is 1. The number of halogens is 1. The predicted octanol–water partition coefficient (Wildman–Crippen LogP) is 1.41. The lowest BCUT2D eigenvalue weighted by Gasteiger charge is -2.30. The van der Waals surface area contributed by atoms with E-state index in [0.29, 0.717) is 17.6 Å². The van der Waals surface area contributed by atoms with Gasteiger partial charge in [-0.05, 0) is 6.92 Å². The summed E-state index contributed by atoms with van der Waals surface area (Å²) in [6.45, 7) is 4.07. The van der Waals surface area contributed by atoms with Crippen molar-refractivity contribution < 1.29 is 13.6 Å². The molecule has 0 aliphatic rings. The minimum absolute atomic E-state index is 0.376. The number of hydrogen-bond donors (Lipinski definition) is 0. The van der Waals surface area contributed by atoms with Gasteiger partial charge in [-0.15, -0.1) is 0 Å². The van der Waals surface area contributed by atoms with Crippen LogP contribution in [0.25, 0.3) is 0 Å². The molecule has 0 bridgehead atoms. The van der Waals surface area contributed by atoms with Crippen LogP contribution >= 0.6 is 0 Å². The van der Waals surface area contributed by atoms with Gasteiger partial charge in [0, 0.05) is 13.5 Å². The first-order valence-electron chi connectivity index (χ1n) is 3.90. The zero-order chi connectivity index (χ0) is 9.12. The van der Waals surface area contributed by atoms with E-state index < -0.39 is 5.85 Å². The number of nitrogens with zero attached hydrogens (tertiary/aromatic N) is 1. The van der Waals surface area contributed by atoms with Gasteiger partial charge < -0.3 is 9.22 Å². The largest absolute Gasteiger partial charge is 0.342 e. The molecule has 0 saturated carbocycles. The standard InChI is InChI=1S/C8H19FNO/c1-6-11-8(2,9)7-10(3,4)5/h6-7H2,1-5H3/q+1. The van der Waals surface area contributed by atoms with Gasteiger partial charge in [0.25, 0.3) is 5.85 Å². The molecule has 0 aliphatic heterocycles.